The van der Waals surface area contributed by atoms with E-state index in [4.69, 9.17) is 5.11 Å². The van der Waals surface area contributed by atoms with Crippen LogP contribution >= 0.6 is 0 Å². The summed E-state index contributed by atoms with van der Waals surface area (Å²) in [6.45, 7) is -0.486. The van der Waals surface area contributed by atoms with Crippen LogP contribution in [0.4, 0.5) is 0 Å². The smallest absolute Gasteiger partial charge is 0.328 e. The molecule has 9 nitrogen and oxygen atoms in total. The first-order valence-electron chi connectivity index (χ1n) is 5.88. The van der Waals surface area contributed by atoms with Gasteiger partial charge in [0.2, 0.25) is 5.91 Å². The lowest BCUT2D eigenvalue weighted by Crippen LogP contribution is -2.44. The van der Waals surface area contributed by atoms with Crippen LogP contribution in [-0.2, 0) is 16.1 Å². The highest BCUT2D eigenvalue weighted by molar-refractivity contribution is 5.84. The van der Waals surface area contributed by atoms with Gasteiger partial charge in [0.25, 0.3) is 5.56 Å². The van der Waals surface area contributed by atoms with E-state index in [-0.39, 0.29) is 13.0 Å². The van der Waals surface area contributed by atoms with E-state index >= 15 is 0 Å². The van der Waals surface area contributed by atoms with Gasteiger partial charge in [0.15, 0.2) is 0 Å². The number of hydrogen-bond donors (Lipinski definition) is 3. The van der Waals surface area contributed by atoms with E-state index in [0.717, 1.165) is 21.7 Å². The second kappa shape index (κ2) is 5.29. The summed E-state index contributed by atoms with van der Waals surface area (Å²) in [5.41, 5.74) is -1.34. The molecule has 2 atom stereocenters. The molecular weight excluding hydrogens is 270 g/mol. The molecule has 1 aliphatic heterocycles. The molecule has 2 rings (SSSR count). The topological polar surface area (TPSA) is 133 Å². The lowest BCUT2D eigenvalue weighted by molar-refractivity contribution is -0.148. The number of rotatable bonds is 3. The summed E-state index contributed by atoms with van der Waals surface area (Å²) in [5.74, 6) is -1.81. The summed E-state index contributed by atoms with van der Waals surface area (Å²) in [6.07, 6.45) is 0.218. The van der Waals surface area contributed by atoms with E-state index in [1.165, 1.54) is 0 Å². The van der Waals surface area contributed by atoms with E-state index < -0.39 is 41.8 Å². The first kappa shape index (κ1) is 14.0. The van der Waals surface area contributed by atoms with Crippen LogP contribution in [0.25, 0.3) is 0 Å². The number of nitrogens with one attached hydrogen (secondary N) is 1. The summed E-state index contributed by atoms with van der Waals surface area (Å²) in [7, 11) is 0. The summed E-state index contributed by atoms with van der Waals surface area (Å²) in [6, 6.07) is -0.0155. The SMILES string of the molecule is O=C(O)[C@H]1C[C@@H](O)CN1C(=O)Cn1ccc(=O)[nH]c1=O. The number of β-amino-alcohol motifs (C(OH)–C–C–N with tert-alkyl or cyclic N) is 1. The van der Waals surface area contributed by atoms with Crippen LogP contribution in [0.3, 0.4) is 0 Å². The molecule has 1 aromatic heterocycles. The lowest BCUT2D eigenvalue weighted by Gasteiger charge is -2.21. The first-order valence-corrected chi connectivity index (χ1v) is 5.88. The number of hydrogen-bond acceptors (Lipinski definition) is 5. The number of aromatic amines is 1. The van der Waals surface area contributed by atoms with Gasteiger partial charge in [-0.25, -0.2) is 9.59 Å². The van der Waals surface area contributed by atoms with Crippen molar-refractivity contribution < 1.29 is 19.8 Å². The number of amides is 1. The Balaban J connectivity index is 2.17. The third kappa shape index (κ3) is 2.77. The molecular formula is C11H13N3O6. The molecule has 0 spiro atoms. The summed E-state index contributed by atoms with van der Waals surface area (Å²) >= 11 is 0. The van der Waals surface area contributed by atoms with Gasteiger partial charge in [-0.2, -0.15) is 0 Å². The summed E-state index contributed by atoms with van der Waals surface area (Å²) in [4.78, 5) is 48.4. The Kier molecular flexibility index (Phi) is 3.70. The lowest BCUT2D eigenvalue weighted by atomic mass is 10.2. The Hall–Kier alpha value is -2.42. The molecule has 2 heterocycles. The fourth-order valence-corrected chi connectivity index (χ4v) is 2.13. The van der Waals surface area contributed by atoms with E-state index in [0.29, 0.717) is 0 Å². The zero-order chi connectivity index (χ0) is 14.9. The second-order valence-corrected chi connectivity index (χ2v) is 4.53. The van der Waals surface area contributed by atoms with Crippen LogP contribution in [0.2, 0.25) is 0 Å². The number of carboxylic acid groups (broad SMARTS) is 1. The van der Waals surface area contributed by atoms with Crippen molar-refractivity contribution in [2.45, 2.75) is 25.1 Å². The molecule has 0 radical (unpaired) electrons. The Morgan fingerprint density at radius 3 is 2.70 bits per heavy atom. The number of H-pyrrole nitrogens is 1. The third-order valence-electron chi connectivity index (χ3n) is 3.09. The van der Waals surface area contributed by atoms with Gasteiger partial charge in [-0.1, -0.05) is 0 Å². The van der Waals surface area contributed by atoms with E-state index in [1.807, 2.05) is 4.98 Å². The predicted octanol–water partition coefficient (Wildman–Crippen LogP) is -2.42. The van der Waals surface area contributed by atoms with Crippen molar-refractivity contribution >= 4 is 11.9 Å². The molecule has 0 saturated carbocycles. The van der Waals surface area contributed by atoms with Gasteiger partial charge < -0.3 is 15.1 Å². The van der Waals surface area contributed by atoms with E-state index in [2.05, 4.69) is 0 Å². The molecule has 0 aromatic carbocycles. The number of nitrogens with zero attached hydrogens (tertiary/aromatic N) is 2. The number of aliphatic hydroxyl groups is 1. The summed E-state index contributed by atoms with van der Waals surface area (Å²) in [5, 5.41) is 18.4. The maximum atomic E-state index is 12.0. The molecule has 9 heteroatoms. The van der Waals surface area contributed by atoms with Crippen LogP contribution in [0.5, 0.6) is 0 Å². The van der Waals surface area contributed by atoms with Gasteiger partial charge in [0.1, 0.15) is 12.6 Å². The molecule has 1 aromatic rings. The monoisotopic (exact) mass is 283 g/mol. The van der Waals surface area contributed by atoms with E-state index in [9.17, 15) is 24.3 Å². The third-order valence-corrected chi connectivity index (χ3v) is 3.09. The van der Waals surface area contributed by atoms with Crippen molar-refractivity contribution in [3.8, 4) is 0 Å². The molecule has 0 bridgehead atoms. The van der Waals surface area contributed by atoms with Crippen molar-refractivity contribution in [3.63, 3.8) is 0 Å². The fourth-order valence-electron chi connectivity index (χ4n) is 2.13. The number of carboxylic acids is 1. The van der Waals surface area contributed by atoms with Crippen molar-refractivity contribution in [2.24, 2.45) is 0 Å². The molecule has 1 fully saturated rings. The Morgan fingerprint density at radius 1 is 1.40 bits per heavy atom. The zero-order valence-electron chi connectivity index (χ0n) is 10.4. The second-order valence-electron chi connectivity index (χ2n) is 4.53. The van der Waals surface area contributed by atoms with Gasteiger partial charge >= 0.3 is 11.7 Å². The molecule has 108 valence electrons. The van der Waals surface area contributed by atoms with Gasteiger partial charge in [0.05, 0.1) is 6.10 Å². The Morgan fingerprint density at radius 2 is 2.10 bits per heavy atom. The highest BCUT2D eigenvalue weighted by atomic mass is 16.4. The zero-order valence-corrected chi connectivity index (χ0v) is 10.4. The van der Waals surface area contributed by atoms with Crippen molar-refractivity contribution in [3.05, 3.63) is 33.1 Å². The van der Waals surface area contributed by atoms with Crippen LogP contribution in [0.15, 0.2) is 21.9 Å². The van der Waals surface area contributed by atoms with Crippen molar-refractivity contribution in [1.82, 2.24) is 14.5 Å². The molecule has 20 heavy (non-hydrogen) atoms. The minimum absolute atomic E-state index is 0.0401. The highest BCUT2D eigenvalue weighted by Crippen LogP contribution is 2.18. The summed E-state index contributed by atoms with van der Waals surface area (Å²) < 4.78 is 0.966. The average molecular weight is 283 g/mol. The van der Waals surface area contributed by atoms with Crippen LogP contribution in [0.1, 0.15) is 6.42 Å². The largest absolute Gasteiger partial charge is 0.480 e. The standard InChI is InChI=1S/C11H13N3O6/c15-6-3-7(10(18)19)14(4-6)9(17)5-13-2-1-8(16)12-11(13)20/h1-2,6-7,15H,3-5H2,(H,18,19)(H,12,16,20)/t6-,7-/m1/s1. The number of likely N-dealkylation sites (tertiary alicyclic amines) is 1. The van der Waals surface area contributed by atoms with E-state index in [1.54, 1.807) is 0 Å². The Labute approximate surface area is 112 Å². The number of aliphatic hydroxyl groups excluding tert-OH is 1. The molecule has 1 amide bonds. The molecule has 3 N–H and O–H groups in total. The van der Waals surface area contributed by atoms with Crippen molar-refractivity contribution in [1.29, 1.82) is 0 Å². The molecule has 1 aliphatic rings. The quantitative estimate of drug-likeness (QED) is 0.565. The maximum Gasteiger partial charge on any atom is 0.328 e. The number of carbonyl (C=O) groups is 2. The van der Waals surface area contributed by atoms with Gasteiger partial charge in [-0.15, -0.1) is 0 Å². The molecule has 1 saturated heterocycles. The maximum absolute atomic E-state index is 12.0. The number of aliphatic carboxylic acids is 1. The number of carbonyl (C=O) groups excluding carboxylic acids is 1. The molecule has 0 unspecified atom stereocenters. The Bertz CT molecular complexity index is 648. The fraction of sp³-hybridized carbons (Fsp3) is 0.455. The van der Waals surface area contributed by atoms with Gasteiger partial charge in [-0.05, 0) is 0 Å². The number of aromatic nitrogens is 2. The van der Waals surface area contributed by atoms with Gasteiger partial charge in [0, 0.05) is 25.2 Å². The average Bonchev–Trinajstić information content (AvgIpc) is 2.75. The minimum atomic E-state index is -1.20. The predicted molar refractivity (Wildman–Crippen MR) is 65.1 cm³/mol. The normalized spacial score (nSPS) is 21.9. The minimum Gasteiger partial charge on any atom is -0.480 e. The van der Waals surface area contributed by atoms with Crippen molar-refractivity contribution in [2.75, 3.05) is 6.54 Å². The van der Waals surface area contributed by atoms with Crippen LogP contribution in [-0.4, -0.2) is 55.2 Å². The van der Waals surface area contributed by atoms with Crippen LogP contribution in [0, 0.1) is 0 Å². The molecule has 0 aliphatic carbocycles. The first-order chi connectivity index (χ1) is 9.38. The van der Waals surface area contributed by atoms with Crippen LogP contribution < -0.4 is 11.2 Å². The highest BCUT2D eigenvalue weighted by Gasteiger charge is 2.38. The van der Waals surface area contributed by atoms with Gasteiger partial charge in [-0.3, -0.25) is 19.1 Å².